The third-order valence-corrected chi connectivity index (χ3v) is 5.27. The predicted molar refractivity (Wildman–Crippen MR) is 81.7 cm³/mol. The van der Waals surface area contributed by atoms with Gasteiger partial charge in [-0.2, -0.15) is 0 Å². The molecule has 2 aliphatic rings. The van der Waals surface area contributed by atoms with E-state index in [0.29, 0.717) is 25.9 Å². The van der Waals surface area contributed by atoms with E-state index in [1.54, 1.807) is 11.0 Å². The Hall–Kier alpha value is -2.02. The standard InChI is InChI=1S/C15H16N2O4S/c18-13-12(22-11-4-2-1-3-10(11)16-13)14(19)17-7-5-9(6-8-17)15(20)21/h1-4,9,12H,5-8H2,(H,16,18)(H,20,21)/t12-/m1/s1. The fourth-order valence-corrected chi connectivity index (χ4v) is 3.80. The summed E-state index contributed by atoms with van der Waals surface area (Å²) in [4.78, 5) is 38.1. The number of para-hydroxylation sites is 1. The van der Waals surface area contributed by atoms with Crippen LogP contribution in [0.3, 0.4) is 0 Å². The van der Waals surface area contributed by atoms with Gasteiger partial charge in [-0.25, -0.2) is 0 Å². The first-order chi connectivity index (χ1) is 10.6. The van der Waals surface area contributed by atoms with E-state index < -0.39 is 17.1 Å². The number of aliphatic carboxylic acids is 1. The number of benzene rings is 1. The summed E-state index contributed by atoms with van der Waals surface area (Å²) < 4.78 is 0. The Morgan fingerprint density at radius 1 is 1.23 bits per heavy atom. The monoisotopic (exact) mass is 320 g/mol. The summed E-state index contributed by atoms with van der Waals surface area (Å²) in [7, 11) is 0. The zero-order chi connectivity index (χ0) is 15.7. The molecule has 2 amide bonds. The van der Waals surface area contributed by atoms with Crippen molar-refractivity contribution in [1.29, 1.82) is 0 Å². The lowest BCUT2D eigenvalue weighted by molar-refractivity contribution is -0.146. The molecule has 2 N–H and O–H groups in total. The van der Waals surface area contributed by atoms with Crippen molar-refractivity contribution in [2.75, 3.05) is 18.4 Å². The summed E-state index contributed by atoms with van der Waals surface area (Å²) in [5, 5.41) is 11.0. The van der Waals surface area contributed by atoms with Crippen molar-refractivity contribution in [2.24, 2.45) is 5.92 Å². The third kappa shape index (κ3) is 2.81. The van der Waals surface area contributed by atoms with Crippen LogP contribution in [0.1, 0.15) is 12.8 Å². The number of rotatable bonds is 2. The lowest BCUT2D eigenvalue weighted by Gasteiger charge is -2.33. The van der Waals surface area contributed by atoms with E-state index in [4.69, 9.17) is 5.11 Å². The number of fused-ring (bicyclic) bond motifs is 1. The average Bonchev–Trinajstić information content (AvgIpc) is 2.53. The number of anilines is 1. The van der Waals surface area contributed by atoms with Gasteiger partial charge in [0, 0.05) is 18.0 Å². The molecule has 0 aromatic heterocycles. The summed E-state index contributed by atoms with van der Waals surface area (Å²) in [6.07, 6.45) is 0.882. The Morgan fingerprint density at radius 2 is 1.91 bits per heavy atom. The maximum Gasteiger partial charge on any atom is 0.306 e. The summed E-state index contributed by atoms with van der Waals surface area (Å²) in [6, 6.07) is 7.37. The van der Waals surface area contributed by atoms with Gasteiger partial charge < -0.3 is 15.3 Å². The van der Waals surface area contributed by atoms with Crippen LogP contribution in [0.15, 0.2) is 29.2 Å². The largest absolute Gasteiger partial charge is 0.481 e. The molecule has 0 saturated carbocycles. The van der Waals surface area contributed by atoms with Crippen molar-refractivity contribution in [3.8, 4) is 0 Å². The summed E-state index contributed by atoms with van der Waals surface area (Å²) in [6.45, 7) is 0.781. The molecular formula is C15H16N2O4S. The third-order valence-electron chi connectivity index (χ3n) is 4.01. The minimum Gasteiger partial charge on any atom is -0.481 e. The molecule has 6 nitrogen and oxygen atoms in total. The minimum atomic E-state index is -0.814. The lowest BCUT2D eigenvalue weighted by atomic mass is 9.97. The topological polar surface area (TPSA) is 86.7 Å². The van der Waals surface area contributed by atoms with Gasteiger partial charge in [-0.1, -0.05) is 12.1 Å². The molecule has 1 aromatic rings. The molecule has 1 atom stereocenters. The number of nitrogens with zero attached hydrogens (tertiary/aromatic N) is 1. The van der Waals surface area contributed by atoms with E-state index in [-0.39, 0.29) is 11.8 Å². The summed E-state index contributed by atoms with van der Waals surface area (Å²) in [5.74, 6) is -1.75. The Kier molecular flexibility index (Phi) is 4.06. The molecule has 0 bridgehead atoms. The van der Waals surface area contributed by atoms with Gasteiger partial charge in [0.1, 0.15) is 0 Å². The number of thioether (sulfide) groups is 1. The second kappa shape index (κ2) is 6.00. The zero-order valence-corrected chi connectivity index (χ0v) is 12.6. The van der Waals surface area contributed by atoms with Crippen LogP contribution in [-0.2, 0) is 14.4 Å². The van der Waals surface area contributed by atoms with E-state index in [1.807, 2.05) is 18.2 Å². The molecule has 1 fully saturated rings. The molecule has 0 spiro atoms. The maximum atomic E-state index is 12.5. The van der Waals surface area contributed by atoms with Crippen molar-refractivity contribution < 1.29 is 19.5 Å². The van der Waals surface area contributed by atoms with Crippen LogP contribution in [-0.4, -0.2) is 46.1 Å². The summed E-state index contributed by atoms with van der Waals surface area (Å²) in [5.41, 5.74) is 0.728. The fourth-order valence-electron chi connectivity index (χ4n) is 2.73. The molecule has 0 aliphatic carbocycles. The number of likely N-dealkylation sites (tertiary alicyclic amines) is 1. The van der Waals surface area contributed by atoms with Crippen LogP contribution in [0.2, 0.25) is 0 Å². The predicted octanol–water partition coefficient (Wildman–Crippen LogP) is 1.42. The van der Waals surface area contributed by atoms with E-state index >= 15 is 0 Å². The Morgan fingerprint density at radius 3 is 2.59 bits per heavy atom. The number of hydrogen-bond donors (Lipinski definition) is 2. The Bertz CT molecular complexity index is 626. The number of piperidine rings is 1. The van der Waals surface area contributed by atoms with E-state index in [1.165, 1.54) is 11.8 Å². The first-order valence-corrected chi connectivity index (χ1v) is 8.02. The molecule has 22 heavy (non-hydrogen) atoms. The molecular weight excluding hydrogens is 304 g/mol. The van der Waals surface area contributed by atoms with Crippen LogP contribution < -0.4 is 5.32 Å². The van der Waals surface area contributed by atoms with E-state index in [2.05, 4.69) is 5.32 Å². The number of carbonyl (C=O) groups excluding carboxylic acids is 2. The SMILES string of the molecule is O=C(O)C1CCN(C(=O)[C@@H]2Sc3ccccc3NC2=O)CC1. The van der Waals surface area contributed by atoms with Gasteiger partial charge in [-0.05, 0) is 25.0 Å². The number of hydrogen-bond acceptors (Lipinski definition) is 4. The van der Waals surface area contributed by atoms with Crippen molar-refractivity contribution in [1.82, 2.24) is 4.90 Å². The molecule has 1 saturated heterocycles. The highest BCUT2D eigenvalue weighted by Crippen LogP contribution is 2.36. The van der Waals surface area contributed by atoms with Gasteiger partial charge in [-0.15, -0.1) is 11.8 Å². The van der Waals surface area contributed by atoms with Gasteiger partial charge in [0.2, 0.25) is 11.8 Å². The smallest absolute Gasteiger partial charge is 0.306 e. The second-order valence-electron chi connectivity index (χ2n) is 5.42. The van der Waals surface area contributed by atoms with Crippen molar-refractivity contribution in [2.45, 2.75) is 23.0 Å². The number of carbonyl (C=O) groups is 3. The molecule has 0 radical (unpaired) electrons. The van der Waals surface area contributed by atoms with Gasteiger partial charge in [-0.3, -0.25) is 14.4 Å². The van der Waals surface area contributed by atoms with Gasteiger partial charge in [0.25, 0.3) is 0 Å². The zero-order valence-electron chi connectivity index (χ0n) is 11.8. The van der Waals surface area contributed by atoms with Crippen LogP contribution in [0, 0.1) is 5.92 Å². The molecule has 3 rings (SSSR count). The fraction of sp³-hybridized carbons (Fsp3) is 0.400. The van der Waals surface area contributed by atoms with Crippen molar-refractivity contribution in [3.63, 3.8) is 0 Å². The normalized spacial score (nSPS) is 21.9. The molecule has 2 heterocycles. The van der Waals surface area contributed by atoms with Gasteiger partial charge in [0.05, 0.1) is 11.6 Å². The second-order valence-corrected chi connectivity index (χ2v) is 6.57. The van der Waals surface area contributed by atoms with Crippen molar-refractivity contribution >= 4 is 35.2 Å². The highest BCUT2D eigenvalue weighted by Gasteiger charge is 2.37. The molecule has 0 unspecified atom stereocenters. The first-order valence-electron chi connectivity index (χ1n) is 7.14. The number of carboxylic acid groups (broad SMARTS) is 1. The van der Waals surface area contributed by atoms with Gasteiger partial charge >= 0.3 is 5.97 Å². The van der Waals surface area contributed by atoms with E-state index in [0.717, 1.165) is 10.6 Å². The van der Waals surface area contributed by atoms with Crippen molar-refractivity contribution in [3.05, 3.63) is 24.3 Å². The number of nitrogens with one attached hydrogen (secondary N) is 1. The Labute approximate surface area is 131 Å². The maximum absolute atomic E-state index is 12.5. The van der Waals surface area contributed by atoms with Crippen LogP contribution >= 0.6 is 11.8 Å². The average molecular weight is 320 g/mol. The lowest BCUT2D eigenvalue weighted by Crippen LogP contribution is -2.48. The molecule has 1 aromatic carbocycles. The molecule has 116 valence electrons. The van der Waals surface area contributed by atoms with Gasteiger partial charge in [0.15, 0.2) is 5.25 Å². The quantitative estimate of drug-likeness (QED) is 0.805. The number of carboxylic acids is 1. The van der Waals surface area contributed by atoms with Crippen LogP contribution in [0.25, 0.3) is 0 Å². The highest BCUT2D eigenvalue weighted by molar-refractivity contribution is 8.01. The molecule has 7 heteroatoms. The first kappa shape index (κ1) is 14.9. The summed E-state index contributed by atoms with van der Waals surface area (Å²) >= 11 is 1.25. The Balaban J connectivity index is 1.69. The molecule has 2 aliphatic heterocycles. The minimum absolute atomic E-state index is 0.235. The number of amides is 2. The van der Waals surface area contributed by atoms with Crippen LogP contribution in [0.5, 0.6) is 0 Å². The highest BCUT2D eigenvalue weighted by atomic mass is 32.2. The van der Waals surface area contributed by atoms with E-state index in [9.17, 15) is 14.4 Å². The van der Waals surface area contributed by atoms with Crippen LogP contribution in [0.4, 0.5) is 5.69 Å².